The smallest absolute Gasteiger partial charge is 0.412 e. The zero-order valence-electron chi connectivity index (χ0n) is 16.2. The van der Waals surface area contributed by atoms with Gasteiger partial charge in [-0.1, -0.05) is 24.4 Å². The lowest BCUT2D eigenvalue weighted by Gasteiger charge is -2.33. The molecule has 3 heterocycles. The number of carbonyl (C=O) groups excluding carboxylic acids is 2. The van der Waals surface area contributed by atoms with Crippen LogP contribution in [0.3, 0.4) is 0 Å². The molecule has 1 aromatic rings. The van der Waals surface area contributed by atoms with Crippen LogP contribution in [0.4, 0.5) is 15.0 Å². The number of pyridine rings is 1. The molecule has 0 aromatic carbocycles. The molecule has 9 heteroatoms. The third kappa shape index (κ3) is 3.17. The van der Waals surface area contributed by atoms with Crippen LogP contribution in [-0.2, 0) is 11.3 Å². The zero-order chi connectivity index (χ0) is 20.2. The number of ether oxygens (including phenoxy) is 1. The Bertz CT molecular complexity index is 841. The second-order valence-electron chi connectivity index (χ2n) is 8.56. The molecule has 4 rings (SSSR count). The Morgan fingerprint density at radius 1 is 1.29 bits per heavy atom. The Morgan fingerprint density at radius 2 is 1.96 bits per heavy atom. The van der Waals surface area contributed by atoms with Gasteiger partial charge in [0.1, 0.15) is 10.8 Å². The molecule has 1 aliphatic carbocycles. The average molecular weight is 411 g/mol. The summed E-state index contributed by atoms with van der Waals surface area (Å²) in [6.45, 7) is 5.74. The second-order valence-corrected chi connectivity index (χ2v) is 8.91. The molecule has 0 radical (unpaired) electrons. The Morgan fingerprint density at radius 3 is 2.64 bits per heavy atom. The Balaban J connectivity index is 1.70. The molecule has 152 valence electrons. The maximum absolute atomic E-state index is 15.2. The second kappa shape index (κ2) is 6.76. The minimum absolute atomic E-state index is 0.00974. The number of amides is 2. The van der Waals surface area contributed by atoms with Crippen LogP contribution < -0.4 is 10.2 Å². The van der Waals surface area contributed by atoms with Gasteiger partial charge in [-0.05, 0) is 33.6 Å². The van der Waals surface area contributed by atoms with Crippen molar-refractivity contribution in [3.05, 3.63) is 22.1 Å². The van der Waals surface area contributed by atoms with Gasteiger partial charge in [0.25, 0.3) is 5.91 Å². The molecule has 0 bridgehead atoms. The summed E-state index contributed by atoms with van der Waals surface area (Å²) in [7, 11) is 0. The van der Waals surface area contributed by atoms with Crippen LogP contribution in [0.1, 0.15) is 62.4 Å². The minimum Gasteiger partial charge on any atom is -0.444 e. The molecule has 1 N–H and O–H groups in total. The van der Waals surface area contributed by atoms with E-state index >= 15 is 4.39 Å². The first-order valence-corrected chi connectivity index (χ1v) is 9.97. The predicted molar refractivity (Wildman–Crippen MR) is 102 cm³/mol. The van der Waals surface area contributed by atoms with Gasteiger partial charge in [-0.2, -0.15) is 0 Å². The maximum Gasteiger partial charge on any atom is 0.412 e. The summed E-state index contributed by atoms with van der Waals surface area (Å²) in [6.07, 6.45) is 3.27. The van der Waals surface area contributed by atoms with Gasteiger partial charge in [-0.15, -0.1) is 0 Å². The van der Waals surface area contributed by atoms with E-state index in [1.54, 1.807) is 9.80 Å². The summed E-state index contributed by atoms with van der Waals surface area (Å²) in [6, 6.07) is -0.112. The Labute approximate surface area is 168 Å². The van der Waals surface area contributed by atoms with Crippen LogP contribution in [-0.4, -0.2) is 46.2 Å². The fraction of sp³-hybridized carbons (Fsp3) is 0.632. The number of rotatable bonds is 1. The van der Waals surface area contributed by atoms with Gasteiger partial charge < -0.3 is 15.0 Å². The van der Waals surface area contributed by atoms with Crippen molar-refractivity contribution in [1.29, 1.82) is 0 Å². The standard InChI is InChI=1S/C19H24ClFN4O3/c1-19(2,3)28-18(27)25-9-24(11-6-4-5-7-12(11)25)16-14(21)10-8-22-17(26)13(10)15(20)23-16/h11-12H,4-9H2,1-3H3,(H,22,26)/t11-,12+/m1/s1. The Hall–Kier alpha value is -2.09. The molecule has 1 saturated carbocycles. The highest BCUT2D eigenvalue weighted by Crippen LogP contribution is 2.39. The van der Waals surface area contributed by atoms with Crippen molar-refractivity contribution >= 4 is 29.4 Å². The number of hydrogen-bond acceptors (Lipinski definition) is 5. The third-order valence-corrected chi connectivity index (χ3v) is 5.80. The lowest BCUT2D eigenvalue weighted by molar-refractivity contribution is 0.0200. The molecule has 7 nitrogen and oxygen atoms in total. The van der Waals surface area contributed by atoms with E-state index in [-0.39, 0.29) is 47.4 Å². The van der Waals surface area contributed by atoms with Crippen molar-refractivity contribution in [3.8, 4) is 0 Å². The number of nitrogens with one attached hydrogen (secondary N) is 1. The first-order chi connectivity index (χ1) is 13.2. The number of halogens is 2. The van der Waals surface area contributed by atoms with Gasteiger partial charge >= 0.3 is 6.09 Å². The van der Waals surface area contributed by atoms with Gasteiger partial charge in [0.05, 0.1) is 24.3 Å². The number of carbonyl (C=O) groups is 2. The minimum atomic E-state index is -0.610. The molecule has 28 heavy (non-hydrogen) atoms. The van der Waals surface area contributed by atoms with Crippen molar-refractivity contribution in [3.63, 3.8) is 0 Å². The van der Waals surface area contributed by atoms with Crippen molar-refractivity contribution in [2.24, 2.45) is 0 Å². The number of nitrogens with zero attached hydrogens (tertiary/aromatic N) is 3. The molecule has 2 aliphatic heterocycles. The van der Waals surface area contributed by atoms with Crippen LogP contribution in [0.15, 0.2) is 0 Å². The summed E-state index contributed by atoms with van der Waals surface area (Å²) in [4.78, 5) is 32.3. The lowest BCUT2D eigenvalue weighted by Crippen LogP contribution is -2.44. The van der Waals surface area contributed by atoms with Crippen LogP contribution in [0.2, 0.25) is 5.15 Å². The highest BCUT2D eigenvalue weighted by atomic mass is 35.5. The van der Waals surface area contributed by atoms with Crippen LogP contribution in [0, 0.1) is 5.82 Å². The van der Waals surface area contributed by atoms with Gasteiger partial charge in [-0.3, -0.25) is 9.69 Å². The molecule has 2 fully saturated rings. The first kappa shape index (κ1) is 19.2. The predicted octanol–water partition coefficient (Wildman–Crippen LogP) is 3.44. The molecule has 2 atom stereocenters. The molecule has 3 aliphatic rings. The summed E-state index contributed by atoms with van der Waals surface area (Å²) in [5.41, 5.74) is -0.268. The number of aromatic nitrogens is 1. The first-order valence-electron chi connectivity index (χ1n) is 9.59. The number of hydrogen-bond donors (Lipinski definition) is 1. The fourth-order valence-corrected chi connectivity index (χ4v) is 4.62. The van der Waals surface area contributed by atoms with Crippen LogP contribution in [0.5, 0.6) is 0 Å². The summed E-state index contributed by atoms with van der Waals surface area (Å²) >= 11 is 6.21. The monoisotopic (exact) mass is 410 g/mol. The van der Waals surface area contributed by atoms with E-state index < -0.39 is 23.4 Å². The SMILES string of the molecule is CC(C)(C)OC(=O)N1CN(c2nc(Cl)c3c(c2F)CNC3=O)[C@@H]2CCCC[C@@H]21. The number of anilines is 1. The molecule has 1 saturated heterocycles. The van der Waals surface area contributed by atoms with E-state index in [2.05, 4.69) is 10.3 Å². The topological polar surface area (TPSA) is 74.8 Å². The van der Waals surface area contributed by atoms with E-state index in [4.69, 9.17) is 16.3 Å². The fourth-order valence-electron chi connectivity index (χ4n) is 4.34. The quantitative estimate of drug-likeness (QED) is 0.718. The molecule has 2 amide bonds. The highest BCUT2D eigenvalue weighted by molar-refractivity contribution is 6.33. The Kier molecular flexibility index (Phi) is 4.64. The van der Waals surface area contributed by atoms with E-state index in [1.807, 2.05) is 20.8 Å². The zero-order valence-corrected chi connectivity index (χ0v) is 17.0. The van der Waals surface area contributed by atoms with Crippen molar-refractivity contribution in [2.75, 3.05) is 11.6 Å². The van der Waals surface area contributed by atoms with Gasteiger partial charge in [0, 0.05) is 12.1 Å². The number of fused-ring (bicyclic) bond motifs is 2. The van der Waals surface area contributed by atoms with Crippen LogP contribution >= 0.6 is 11.6 Å². The highest BCUT2D eigenvalue weighted by Gasteiger charge is 2.46. The summed E-state index contributed by atoms with van der Waals surface area (Å²) in [5, 5.41) is 2.58. The molecule has 1 aromatic heterocycles. The van der Waals surface area contributed by atoms with Gasteiger partial charge in [-0.25, -0.2) is 14.2 Å². The lowest BCUT2D eigenvalue weighted by atomic mass is 9.90. The van der Waals surface area contributed by atoms with E-state index in [9.17, 15) is 9.59 Å². The van der Waals surface area contributed by atoms with E-state index in [1.165, 1.54) is 0 Å². The van der Waals surface area contributed by atoms with E-state index in [0.29, 0.717) is 0 Å². The largest absolute Gasteiger partial charge is 0.444 e. The van der Waals surface area contributed by atoms with Gasteiger partial charge in [0.15, 0.2) is 11.6 Å². The average Bonchev–Trinajstić information content (AvgIpc) is 3.18. The molecule has 0 spiro atoms. The normalized spacial score (nSPS) is 24.1. The maximum atomic E-state index is 15.2. The summed E-state index contributed by atoms with van der Waals surface area (Å²) in [5.74, 6) is -0.860. The molecule has 0 unspecified atom stereocenters. The van der Waals surface area contributed by atoms with Gasteiger partial charge in [0.2, 0.25) is 0 Å². The van der Waals surface area contributed by atoms with Crippen LogP contribution in [0.25, 0.3) is 0 Å². The van der Waals surface area contributed by atoms with E-state index in [0.717, 1.165) is 25.7 Å². The molecular weight excluding hydrogens is 387 g/mol. The third-order valence-electron chi connectivity index (χ3n) is 5.53. The van der Waals surface area contributed by atoms with Crippen molar-refractivity contribution < 1.29 is 18.7 Å². The van der Waals surface area contributed by atoms with Crippen molar-refractivity contribution in [1.82, 2.24) is 15.2 Å². The molecular formula is C19H24ClFN4O3. The van der Waals surface area contributed by atoms with Crippen molar-refractivity contribution in [2.45, 2.75) is 70.7 Å². The summed E-state index contributed by atoms with van der Waals surface area (Å²) < 4.78 is 20.8.